The third-order valence-electron chi connectivity index (χ3n) is 3.09. The van der Waals surface area contributed by atoms with E-state index in [1.807, 2.05) is 43.3 Å². The third-order valence-corrected chi connectivity index (χ3v) is 3.09. The van der Waals surface area contributed by atoms with E-state index in [4.69, 9.17) is 10.5 Å². The second kappa shape index (κ2) is 6.17. The van der Waals surface area contributed by atoms with Crippen LogP contribution in [0.5, 0.6) is 5.75 Å². The second-order valence-electron chi connectivity index (χ2n) is 4.86. The smallest absolute Gasteiger partial charge is 0.259 e. The maximum atomic E-state index is 12.4. The van der Waals surface area contributed by atoms with Gasteiger partial charge in [-0.2, -0.15) is 0 Å². The van der Waals surface area contributed by atoms with Gasteiger partial charge in [-0.3, -0.25) is 4.79 Å². The molecule has 0 saturated heterocycles. The molecule has 0 atom stereocenters. The molecule has 0 saturated carbocycles. The number of benzene rings is 2. The van der Waals surface area contributed by atoms with E-state index in [9.17, 15) is 4.79 Å². The second-order valence-corrected chi connectivity index (χ2v) is 4.86. The Morgan fingerprint density at radius 1 is 1.19 bits per heavy atom. The van der Waals surface area contributed by atoms with E-state index in [0.717, 1.165) is 11.4 Å². The largest absolute Gasteiger partial charge is 0.496 e. The molecule has 0 aliphatic carbocycles. The predicted molar refractivity (Wildman–Crippen MR) is 86.1 cm³/mol. The Morgan fingerprint density at radius 3 is 2.62 bits per heavy atom. The normalized spacial score (nSPS) is 10.0. The van der Waals surface area contributed by atoms with E-state index in [0.29, 0.717) is 17.0 Å². The van der Waals surface area contributed by atoms with Crippen LogP contribution < -0.4 is 20.7 Å². The number of nitrogens with two attached hydrogens (primary N) is 1. The molecule has 3 N–H and O–H groups in total. The molecule has 0 fully saturated rings. The van der Waals surface area contributed by atoms with Gasteiger partial charge in [0.1, 0.15) is 5.75 Å². The molecule has 0 bridgehead atoms. The summed E-state index contributed by atoms with van der Waals surface area (Å²) in [5, 5.41) is 2.85. The fourth-order valence-electron chi connectivity index (χ4n) is 1.96. The zero-order valence-corrected chi connectivity index (χ0v) is 12.4. The summed E-state index contributed by atoms with van der Waals surface area (Å²) in [4.78, 5) is 14.3. The van der Waals surface area contributed by atoms with Crippen molar-refractivity contribution in [3.8, 4) is 5.75 Å². The highest BCUT2D eigenvalue weighted by molar-refractivity contribution is 6.06. The summed E-state index contributed by atoms with van der Waals surface area (Å²) < 4.78 is 5.20. The monoisotopic (exact) mass is 285 g/mol. The van der Waals surface area contributed by atoms with Crippen molar-refractivity contribution in [2.24, 2.45) is 0 Å². The molecule has 21 heavy (non-hydrogen) atoms. The van der Waals surface area contributed by atoms with Crippen molar-refractivity contribution < 1.29 is 9.53 Å². The highest BCUT2D eigenvalue weighted by Gasteiger charge is 2.13. The van der Waals surface area contributed by atoms with Gasteiger partial charge in [-0.05, 0) is 36.4 Å². The summed E-state index contributed by atoms with van der Waals surface area (Å²) in [6, 6.07) is 12.6. The van der Waals surface area contributed by atoms with E-state index < -0.39 is 0 Å². The summed E-state index contributed by atoms with van der Waals surface area (Å²) in [6.07, 6.45) is 0. The van der Waals surface area contributed by atoms with Crippen LogP contribution in [0.4, 0.5) is 17.1 Å². The first-order chi connectivity index (χ1) is 10.0. The van der Waals surface area contributed by atoms with Crippen molar-refractivity contribution >= 4 is 23.0 Å². The number of carbonyl (C=O) groups excluding carboxylic acids is 1. The number of rotatable bonds is 4. The standard InChI is InChI=1S/C16H19N3O2/c1-19(2)13-6-4-5-12(10-13)18-16(20)14-9-11(17)7-8-15(14)21-3/h4-10H,17H2,1-3H3,(H,18,20). The molecule has 0 aliphatic heterocycles. The van der Waals surface area contributed by atoms with E-state index in [2.05, 4.69) is 5.32 Å². The molecule has 2 rings (SSSR count). The molecule has 110 valence electrons. The Kier molecular flexibility index (Phi) is 4.33. The number of carbonyl (C=O) groups is 1. The summed E-state index contributed by atoms with van der Waals surface area (Å²) in [7, 11) is 5.42. The molecule has 0 aromatic heterocycles. The lowest BCUT2D eigenvalue weighted by atomic mass is 10.1. The minimum atomic E-state index is -0.255. The first-order valence-electron chi connectivity index (χ1n) is 6.53. The molecule has 2 aromatic carbocycles. The van der Waals surface area contributed by atoms with Crippen LogP contribution in [-0.4, -0.2) is 27.1 Å². The van der Waals surface area contributed by atoms with Crippen LogP contribution >= 0.6 is 0 Å². The van der Waals surface area contributed by atoms with Gasteiger partial charge in [0.15, 0.2) is 0 Å². The molecule has 5 heteroatoms. The van der Waals surface area contributed by atoms with E-state index in [1.54, 1.807) is 18.2 Å². The number of amides is 1. The molecule has 0 radical (unpaired) electrons. The Labute approximate surface area is 124 Å². The maximum absolute atomic E-state index is 12.4. The SMILES string of the molecule is COc1ccc(N)cc1C(=O)Nc1cccc(N(C)C)c1. The average molecular weight is 285 g/mol. The summed E-state index contributed by atoms with van der Waals surface area (Å²) >= 11 is 0. The number of anilines is 3. The van der Waals surface area contributed by atoms with Crippen molar-refractivity contribution in [2.45, 2.75) is 0 Å². The van der Waals surface area contributed by atoms with Crippen molar-refractivity contribution in [1.29, 1.82) is 0 Å². The fraction of sp³-hybridized carbons (Fsp3) is 0.188. The molecule has 0 heterocycles. The van der Waals surface area contributed by atoms with Gasteiger partial charge in [0.05, 0.1) is 12.7 Å². The summed E-state index contributed by atoms with van der Waals surface area (Å²) in [6.45, 7) is 0. The number of nitrogens with one attached hydrogen (secondary N) is 1. The van der Waals surface area contributed by atoms with Crippen LogP contribution in [0.2, 0.25) is 0 Å². The van der Waals surface area contributed by atoms with Gasteiger partial charge in [-0.15, -0.1) is 0 Å². The van der Waals surface area contributed by atoms with E-state index in [1.165, 1.54) is 7.11 Å². The lowest BCUT2D eigenvalue weighted by Gasteiger charge is -2.14. The molecule has 0 unspecified atom stereocenters. The van der Waals surface area contributed by atoms with Gasteiger partial charge in [0, 0.05) is 31.2 Å². The van der Waals surface area contributed by atoms with Gasteiger partial charge in [0.25, 0.3) is 5.91 Å². The number of hydrogen-bond acceptors (Lipinski definition) is 4. The van der Waals surface area contributed by atoms with Crippen LogP contribution in [0.1, 0.15) is 10.4 Å². The minimum absolute atomic E-state index is 0.255. The number of hydrogen-bond donors (Lipinski definition) is 2. The Balaban J connectivity index is 2.26. The highest BCUT2D eigenvalue weighted by atomic mass is 16.5. The molecule has 1 amide bonds. The summed E-state index contributed by atoms with van der Waals surface area (Å²) in [5.74, 6) is 0.237. The van der Waals surface area contributed by atoms with Crippen LogP contribution in [0.25, 0.3) is 0 Å². The molecule has 5 nitrogen and oxygen atoms in total. The lowest BCUT2D eigenvalue weighted by Crippen LogP contribution is -2.14. The topological polar surface area (TPSA) is 67.6 Å². The number of nitrogen functional groups attached to an aromatic ring is 1. The highest BCUT2D eigenvalue weighted by Crippen LogP contribution is 2.23. The third kappa shape index (κ3) is 3.45. The van der Waals surface area contributed by atoms with Gasteiger partial charge in [-0.25, -0.2) is 0 Å². The number of methoxy groups -OCH3 is 1. The fourth-order valence-corrected chi connectivity index (χ4v) is 1.96. The van der Waals surface area contributed by atoms with Gasteiger partial charge in [0.2, 0.25) is 0 Å². The Bertz CT molecular complexity index is 654. The van der Waals surface area contributed by atoms with Crippen molar-refractivity contribution in [1.82, 2.24) is 0 Å². The van der Waals surface area contributed by atoms with Gasteiger partial charge >= 0.3 is 0 Å². The van der Waals surface area contributed by atoms with Crippen molar-refractivity contribution in [2.75, 3.05) is 37.2 Å². The average Bonchev–Trinajstić information content (AvgIpc) is 2.47. The van der Waals surface area contributed by atoms with Gasteiger partial charge in [-0.1, -0.05) is 6.07 Å². The molecule has 0 aliphatic rings. The Morgan fingerprint density at radius 2 is 1.95 bits per heavy atom. The van der Waals surface area contributed by atoms with Gasteiger partial charge < -0.3 is 20.7 Å². The number of ether oxygens (including phenoxy) is 1. The quantitative estimate of drug-likeness (QED) is 0.847. The van der Waals surface area contributed by atoms with E-state index in [-0.39, 0.29) is 5.91 Å². The van der Waals surface area contributed by atoms with Crippen LogP contribution in [0, 0.1) is 0 Å². The van der Waals surface area contributed by atoms with E-state index >= 15 is 0 Å². The first kappa shape index (κ1) is 14.7. The molecular weight excluding hydrogens is 266 g/mol. The molecule has 2 aromatic rings. The van der Waals surface area contributed by atoms with Crippen molar-refractivity contribution in [3.63, 3.8) is 0 Å². The molecular formula is C16H19N3O2. The van der Waals surface area contributed by atoms with Crippen LogP contribution in [0.15, 0.2) is 42.5 Å². The first-order valence-corrected chi connectivity index (χ1v) is 6.53. The van der Waals surface area contributed by atoms with Crippen molar-refractivity contribution in [3.05, 3.63) is 48.0 Å². The summed E-state index contributed by atoms with van der Waals surface area (Å²) in [5.41, 5.74) is 8.39. The minimum Gasteiger partial charge on any atom is -0.496 e. The predicted octanol–water partition coefficient (Wildman–Crippen LogP) is 2.60. The Hall–Kier alpha value is -2.69. The van der Waals surface area contributed by atoms with Crippen LogP contribution in [0.3, 0.4) is 0 Å². The maximum Gasteiger partial charge on any atom is 0.259 e. The lowest BCUT2D eigenvalue weighted by molar-refractivity contribution is 0.102. The molecule has 0 spiro atoms. The van der Waals surface area contributed by atoms with Crippen LogP contribution in [-0.2, 0) is 0 Å². The number of nitrogens with zero attached hydrogens (tertiary/aromatic N) is 1. The zero-order valence-electron chi connectivity index (χ0n) is 12.4. The zero-order chi connectivity index (χ0) is 15.4.